The normalized spacial score (nSPS) is 15.0. The summed E-state index contributed by atoms with van der Waals surface area (Å²) in [5.41, 5.74) is 3.20. The van der Waals surface area contributed by atoms with Crippen molar-refractivity contribution in [1.82, 2.24) is 15.2 Å². The van der Waals surface area contributed by atoms with Gasteiger partial charge in [-0.3, -0.25) is 4.90 Å². The van der Waals surface area contributed by atoms with E-state index in [0.717, 1.165) is 22.0 Å². The quantitative estimate of drug-likeness (QED) is 0.583. The van der Waals surface area contributed by atoms with Gasteiger partial charge in [0.15, 0.2) is 0 Å². The lowest BCUT2D eigenvalue weighted by Gasteiger charge is -2.29. The molecule has 32 heavy (non-hydrogen) atoms. The molecule has 0 spiro atoms. The first-order chi connectivity index (χ1) is 15.3. The zero-order chi connectivity index (χ0) is 22.9. The molecule has 1 aromatic heterocycles. The predicted octanol–water partition coefficient (Wildman–Crippen LogP) is 4.71. The monoisotopic (exact) mass is 435 g/mol. The highest BCUT2D eigenvalue weighted by molar-refractivity contribution is 6.18. The molecule has 1 aliphatic rings. The van der Waals surface area contributed by atoms with Crippen LogP contribution in [-0.2, 0) is 21.5 Å². The second-order valence-electron chi connectivity index (χ2n) is 8.48. The van der Waals surface area contributed by atoms with Crippen LogP contribution in [-0.4, -0.2) is 35.0 Å². The van der Waals surface area contributed by atoms with Crippen molar-refractivity contribution in [3.05, 3.63) is 77.4 Å². The maximum atomic E-state index is 13.1. The van der Waals surface area contributed by atoms with Gasteiger partial charge in [0.1, 0.15) is 5.82 Å². The van der Waals surface area contributed by atoms with Crippen molar-refractivity contribution in [2.45, 2.75) is 32.7 Å². The number of carbonyl (C=O) groups excluding carboxylic acids is 2. The van der Waals surface area contributed by atoms with Crippen LogP contribution in [0.2, 0.25) is 0 Å². The van der Waals surface area contributed by atoms with E-state index in [1.165, 1.54) is 17.0 Å². The summed E-state index contributed by atoms with van der Waals surface area (Å²) in [7, 11) is 0. The number of esters is 1. The summed E-state index contributed by atoms with van der Waals surface area (Å²) in [5, 5.41) is 3.87. The van der Waals surface area contributed by atoms with E-state index < -0.39 is 11.4 Å². The molecule has 0 atom stereocenters. The van der Waals surface area contributed by atoms with E-state index in [4.69, 9.17) is 4.74 Å². The lowest BCUT2D eigenvalue weighted by molar-refractivity contribution is -0.136. The molecule has 0 saturated carbocycles. The highest BCUT2D eigenvalue weighted by atomic mass is 19.1. The van der Waals surface area contributed by atoms with Crippen LogP contribution >= 0.6 is 0 Å². The van der Waals surface area contributed by atoms with Crippen molar-refractivity contribution in [3.63, 3.8) is 0 Å². The molecule has 2 aromatic carbocycles. The second-order valence-corrected chi connectivity index (χ2v) is 8.48. The van der Waals surface area contributed by atoms with Crippen LogP contribution in [0.4, 0.5) is 9.18 Å². The number of halogens is 1. The van der Waals surface area contributed by atoms with Crippen LogP contribution in [0, 0.1) is 5.82 Å². The number of carbonyl (C=O) groups is 2. The van der Waals surface area contributed by atoms with Crippen LogP contribution < -0.4 is 5.32 Å². The van der Waals surface area contributed by atoms with Gasteiger partial charge in [0.05, 0.1) is 17.9 Å². The van der Waals surface area contributed by atoms with Crippen LogP contribution in [0.25, 0.3) is 16.5 Å². The molecule has 0 unspecified atom stereocenters. The minimum absolute atomic E-state index is 0.228. The predicted molar refractivity (Wildman–Crippen MR) is 121 cm³/mol. The molecule has 0 fully saturated rings. The number of para-hydroxylation sites is 1. The van der Waals surface area contributed by atoms with Crippen molar-refractivity contribution in [2.75, 3.05) is 13.2 Å². The van der Waals surface area contributed by atoms with Crippen LogP contribution in [0.1, 0.15) is 37.6 Å². The highest BCUT2D eigenvalue weighted by Crippen LogP contribution is 2.40. The van der Waals surface area contributed by atoms with Crippen LogP contribution in [0.3, 0.4) is 0 Å². The van der Waals surface area contributed by atoms with E-state index in [0.29, 0.717) is 17.8 Å². The number of urea groups is 1. The van der Waals surface area contributed by atoms with Gasteiger partial charge in [-0.25, -0.2) is 14.0 Å². The SMILES string of the molecule is CCOC(=O)C1=CN(C(=O)NCc2ccc(F)cc2)CC(C)(C)c2c1[nH]c1ccccc21. The van der Waals surface area contributed by atoms with Crippen molar-refractivity contribution in [1.29, 1.82) is 0 Å². The first-order valence-corrected chi connectivity index (χ1v) is 10.6. The maximum Gasteiger partial charge on any atom is 0.341 e. The number of rotatable bonds is 4. The number of ether oxygens (including phenoxy) is 1. The minimum Gasteiger partial charge on any atom is -0.462 e. The summed E-state index contributed by atoms with van der Waals surface area (Å²) in [6.07, 6.45) is 1.56. The third-order valence-electron chi connectivity index (χ3n) is 5.62. The van der Waals surface area contributed by atoms with Crippen LogP contribution in [0.15, 0.2) is 54.7 Å². The molecule has 1 aliphatic heterocycles. The molecule has 0 radical (unpaired) electrons. The molecule has 2 N–H and O–H groups in total. The Hall–Kier alpha value is -3.61. The molecule has 0 aliphatic carbocycles. The van der Waals surface area contributed by atoms with Crippen LogP contribution in [0.5, 0.6) is 0 Å². The van der Waals surface area contributed by atoms with Crippen molar-refractivity contribution in [2.24, 2.45) is 0 Å². The van der Waals surface area contributed by atoms with E-state index in [9.17, 15) is 14.0 Å². The molecule has 2 heterocycles. The fourth-order valence-electron chi connectivity index (χ4n) is 4.19. The van der Waals surface area contributed by atoms with Gasteiger partial charge in [0.25, 0.3) is 0 Å². The number of benzene rings is 2. The summed E-state index contributed by atoms with van der Waals surface area (Å²) in [4.78, 5) is 30.8. The number of fused-ring (bicyclic) bond motifs is 3. The number of nitrogens with one attached hydrogen (secondary N) is 2. The average molecular weight is 435 g/mol. The first-order valence-electron chi connectivity index (χ1n) is 10.6. The third kappa shape index (κ3) is 4.10. The number of aromatic amines is 1. The van der Waals surface area contributed by atoms with Gasteiger partial charge < -0.3 is 15.0 Å². The first kappa shape index (κ1) is 21.6. The Kier molecular flexibility index (Phi) is 5.74. The van der Waals surface area contributed by atoms with E-state index in [1.54, 1.807) is 25.3 Å². The molecule has 3 aromatic rings. The molecular formula is C25H26FN3O3. The summed E-state index contributed by atoms with van der Waals surface area (Å²) in [6, 6.07) is 13.5. The maximum absolute atomic E-state index is 13.1. The lowest BCUT2D eigenvalue weighted by atomic mass is 9.82. The molecule has 2 amide bonds. The molecule has 7 heteroatoms. The Morgan fingerprint density at radius 1 is 1.16 bits per heavy atom. The molecular weight excluding hydrogens is 409 g/mol. The van der Waals surface area contributed by atoms with E-state index >= 15 is 0 Å². The highest BCUT2D eigenvalue weighted by Gasteiger charge is 2.37. The summed E-state index contributed by atoms with van der Waals surface area (Å²) >= 11 is 0. The van der Waals surface area contributed by atoms with Gasteiger partial charge in [0, 0.05) is 35.6 Å². The minimum atomic E-state index is -0.491. The Bertz CT molecular complexity index is 1190. The van der Waals surface area contributed by atoms with Gasteiger partial charge in [-0.05, 0) is 36.2 Å². The van der Waals surface area contributed by atoms with E-state index in [1.807, 2.05) is 38.1 Å². The second kappa shape index (κ2) is 8.49. The number of amides is 2. The Labute approximate surface area is 186 Å². The van der Waals surface area contributed by atoms with Gasteiger partial charge in [0.2, 0.25) is 0 Å². The van der Waals surface area contributed by atoms with E-state index in [2.05, 4.69) is 10.3 Å². The van der Waals surface area contributed by atoms with Crippen molar-refractivity contribution >= 4 is 28.5 Å². The van der Waals surface area contributed by atoms with Gasteiger partial charge >= 0.3 is 12.0 Å². The number of aromatic nitrogens is 1. The molecule has 0 bridgehead atoms. The summed E-state index contributed by atoms with van der Waals surface area (Å²) in [5.74, 6) is -0.820. The van der Waals surface area contributed by atoms with Crippen molar-refractivity contribution in [3.8, 4) is 0 Å². The number of nitrogens with zero attached hydrogens (tertiary/aromatic N) is 1. The summed E-state index contributed by atoms with van der Waals surface area (Å²) in [6.45, 7) is 6.68. The lowest BCUT2D eigenvalue weighted by Crippen LogP contribution is -2.42. The van der Waals surface area contributed by atoms with E-state index in [-0.39, 0.29) is 25.0 Å². The fraction of sp³-hybridized carbons (Fsp3) is 0.280. The molecule has 6 nitrogen and oxygen atoms in total. The van der Waals surface area contributed by atoms with Gasteiger partial charge in [-0.2, -0.15) is 0 Å². The van der Waals surface area contributed by atoms with Gasteiger partial charge in [-0.15, -0.1) is 0 Å². The standard InChI is InChI=1S/C25H26FN3O3/c1-4-32-23(30)19-14-29(24(31)27-13-16-9-11-17(26)12-10-16)15-25(2,3)21-18-7-5-6-8-20(18)28-22(19)21/h5-12,14,28H,4,13,15H2,1-3H3,(H,27,31). The van der Waals surface area contributed by atoms with Crippen molar-refractivity contribution < 1.29 is 18.7 Å². The number of hydrogen-bond acceptors (Lipinski definition) is 3. The largest absolute Gasteiger partial charge is 0.462 e. The zero-order valence-corrected chi connectivity index (χ0v) is 18.4. The Balaban J connectivity index is 1.71. The number of hydrogen-bond donors (Lipinski definition) is 2. The Morgan fingerprint density at radius 2 is 1.88 bits per heavy atom. The zero-order valence-electron chi connectivity index (χ0n) is 18.4. The molecule has 166 valence electrons. The summed E-state index contributed by atoms with van der Waals surface area (Å²) < 4.78 is 18.5. The average Bonchev–Trinajstić information content (AvgIpc) is 3.11. The van der Waals surface area contributed by atoms with Gasteiger partial charge in [-0.1, -0.05) is 44.2 Å². The molecule has 0 saturated heterocycles. The fourth-order valence-corrected chi connectivity index (χ4v) is 4.19. The third-order valence-corrected chi connectivity index (χ3v) is 5.62. The molecule has 4 rings (SSSR count). The number of H-pyrrole nitrogens is 1. The topological polar surface area (TPSA) is 74.4 Å². The Morgan fingerprint density at radius 3 is 2.59 bits per heavy atom. The smallest absolute Gasteiger partial charge is 0.341 e.